The van der Waals surface area contributed by atoms with Crippen molar-refractivity contribution in [3.8, 4) is 5.75 Å². The van der Waals surface area contributed by atoms with Gasteiger partial charge in [0.15, 0.2) is 0 Å². The molecule has 26 heavy (non-hydrogen) atoms. The minimum atomic E-state index is -0.337. The number of nitrogens with zero attached hydrogens (tertiary/aromatic N) is 2. The number of thiazole rings is 1. The summed E-state index contributed by atoms with van der Waals surface area (Å²) in [5.74, 6) is 0.00841. The lowest BCUT2D eigenvalue weighted by Gasteiger charge is -2.37. The van der Waals surface area contributed by atoms with Crippen LogP contribution in [0.5, 0.6) is 5.75 Å². The second-order valence-electron chi connectivity index (χ2n) is 6.65. The van der Waals surface area contributed by atoms with Crippen molar-refractivity contribution < 1.29 is 14.3 Å². The van der Waals surface area contributed by atoms with Gasteiger partial charge in [0.1, 0.15) is 12.4 Å². The molecule has 1 fully saturated rings. The van der Waals surface area contributed by atoms with Crippen LogP contribution in [0, 0.1) is 12.8 Å². The van der Waals surface area contributed by atoms with Crippen molar-refractivity contribution in [3.63, 3.8) is 0 Å². The first kappa shape index (κ1) is 18.4. The molecule has 2 N–H and O–H groups in total. The van der Waals surface area contributed by atoms with Crippen molar-refractivity contribution in [2.24, 2.45) is 11.7 Å². The number of ether oxygens (including phenoxy) is 1. The van der Waals surface area contributed by atoms with Gasteiger partial charge in [-0.2, -0.15) is 0 Å². The fourth-order valence-corrected chi connectivity index (χ4v) is 3.71. The van der Waals surface area contributed by atoms with E-state index in [4.69, 9.17) is 10.5 Å². The molecule has 2 heterocycles. The molecule has 1 saturated heterocycles. The second kappa shape index (κ2) is 7.86. The Kier molecular flexibility index (Phi) is 5.56. The van der Waals surface area contributed by atoms with Crippen LogP contribution in [0.25, 0.3) is 0 Å². The van der Waals surface area contributed by atoms with E-state index in [-0.39, 0.29) is 23.8 Å². The van der Waals surface area contributed by atoms with Crippen LogP contribution in [0.3, 0.4) is 0 Å². The van der Waals surface area contributed by atoms with Gasteiger partial charge in [0.25, 0.3) is 5.91 Å². The molecule has 0 radical (unpaired) electrons. The highest BCUT2D eigenvalue weighted by Gasteiger charge is 2.32. The summed E-state index contributed by atoms with van der Waals surface area (Å²) in [6, 6.07) is 7.18. The van der Waals surface area contributed by atoms with Crippen LogP contribution >= 0.6 is 11.3 Å². The molecule has 3 rings (SSSR count). The summed E-state index contributed by atoms with van der Waals surface area (Å²) in [5, 5.41) is 2.98. The molecule has 1 aromatic heterocycles. The van der Waals surface area contributed by atoms with Crippen molar-refractivity contribution in [3.05, 3.63) is 45.9 Å². The van der Waals surface area contributed by atoms with E-state index in [0.29, 0.717) is 24.5 Å². The molecular formula is C19H23N3O3S. The average Bonchev–Trinajstić information content (AvgIpc) is 3.05. The van der Waals surface area contributed by atoms with Gasteiger partial charge >= 0.3 is 0 Å². The van der Waals surface area contributed by atoms with Gasteiger partial charge in [-0.05, 0) is 51.0 Å². The van der Waals surface area contributed by atoms with Crippen LogP contribution in [-0.4, -0.2) is 34.3 Å². The molecule has 2 atom stereocenters. The number of carbonyl (C=O) groups is 2. The Balaban J connectivity index is 1.63. The summed E-state index contributed by atoms with van der Waals surface area (Å²) in [6.07, 6.45) is 1.52. The fourth-order valence-electron chi connectivity index (χ4n) is 3.11. The van der Waals surface area contributed by atoms with Gasteiger partial charge in [-0.25, -0.2) is 4.98 Å². The lowest BCUT2D eigenvalue weighted by molar-refractivity contribution is -0.123. The molecule has 1 aliphatic rings. The number of benzene rings is 1. The summed E-state index contributed by atoms with van der Waals surface area (Å²) >= 11 is 1.59. The normalized spacial score (nSPS) is 20.0. The third-order valence-electron chi connectivity index (χ3n) is 4.70. The van der Waals surface area contributed by atoms with Crippen molar-refractivity contribution >= 4 is 23.2 Å². The predicted molar refractivity (Wildman–Crippen MR) is 100 cm³/mol. The zero-order valence-corrected chi connectivity index (χ0v) is 15.8. The predicted octanol–water partition coefficient (Wildman–Crippen LogP) is 2.76. The van der Waals surface area contributed by atoms with Crippen LogP contribution < -0.4 is 10.5 Å². The number of carbonyl (C=O) groups excluding carboxylic acids is 2. The van der Waals surface area contributed by atoms with Crippen molar-refractivity contribution in [1.82, 2.24) is 9.88 Å². The maximum Gasteiger partial charge on any atom is 0.254 e. The van der Waals surface area contributed by atoms with E-state index < -0.39 is 0 Å². The van der Waals surface area contributed by atoms with E-state index in [1.165, 1.54) is 0 Å². The Labute approximate surface area is 157 Å². The summed E-state index contributed by atoms with van der Waals surface area (Å²) in [7, 11) is 0. The molecule has 0 saturated carbocycles. The van der Waals surface area contributed by atoms with Crippen molar-refractivity contribution in [1.29, 1.82) is 0 Å². The number of piperidine rings is 1. The molecule has 1 aliphatic heterocycles. The first-order valence-electron chi connectivity index (χ1n) is 8.68. The minimum Gasteiger partial charge on any atom is -0.487 e. The van der Waals surface area contributed by atoms with Crippen molar-refractivity contribution in [2.75, 3.05) is 6.54 Å². The Morgan fingerprint density at radius 3 is 2.65 bits per heavy atom. The molecule has 2 amide bonds. The van der Waals surface area contributed by atoms with Crippen LogP contribution in [0.2, 0.25) is 0 Å². The number of nitrogens with two attached hydrogens (primary N) is 1. The zero-order valence-electron chi connectivity index (χ0n) is 15.0. The van der Waals surface area contributed by atoms with Crippen LogP contribution in [0.1, 0.15) is 40.8 Å². The third kappa shape index (κ3) is 4.22. The third-order valence-corrected chi connectivity index (χ3v) is 5.52. The van der Waals surface area contributed by atoms with E-state index in [1.807, 2.05) is 19.2 Å². The number of aryl methyl sites for hydroxylation is 1. The van der Waals surface area contributed by atoms with Crippen LogP contribution in [-0.2, 0) is 11.4 Å². The number of hydrogen-bond donors (Lipinski definition) is 1. The average molecular weight is 373 g/mol. The molecule has 0 unspecified atom stereocenters. The van der Waals surface area contributed by atoms with E-state index >= 15 is 0 Å². The maximum absolute atomic E-state index is 12.8. The van der Waals surface area contributed by atoms with Gasteiger partial charge in [0.2, 0.25) is 5.91 Å². The molecule has 138 valence electrons. The number of hydrogen-bond acceptors (Lipinski definition) is 5. The van der Waals surface area contributed by atoms with Gasteiger partial charge in [-0.3, -0.25) is 9.59 Å². The van der Waals surface area contributed by atoms with Crippen LogP contribution in [0.15, 0.2) is 29.6 Å². The molecule has 0 aliphatic carbocycles. The van der Waals surface area contributed by atoms with Gasteiger partial charge in [0, 0.05) is 23.5 Å². The second-order valence-corrected chi connectivity index (χ2v) is 7.72. The summed E-state index contributed by atoms with van der Waals surface area (Å²) < 4.78 is 5.71. The lowest BCUT2D eigenvalue weighted by atomic mass is 9.92. The number of amides is 2. The Bertz CT molecular complexity index is 788. The van der Waals surface area contributed by atoms with Gasteiger partial charge in [0.05, 0.1) is 16.6 Å². The van der Waals surface area contributed by atoms with Crippen LogP contribution in [0.4, 0.5) is 0 Å². The molecule has 2 aromatic rings. The highest BCUT2D eigenvalue weighted by Crippen LogP contribution is 2.24. The lowest BCUT2D eigenvalue weighted by Crippen LogP contribution is -2.48. The monoisotopic (exact) mass is 373 g/mol. The molecule has 6 nitrogen and oxygen atoms in total. The minimum absolute atomic E-state index is 0.0786. The summed E-state index contributed by atoms with van der Waals surface area (Å²) in [5.41, 5.74) is 6.90. The first-order chi connectivity index (χ1) is 12.4. The highest BCUT2D eigenvalue weighted by atomic mass is 32.1. The molecule has 1 aromatic carbocycles. The Morgan fingerprint density at radius 1 is 1.31 bits per heavy atom. The maximum atomic E-state index is 12.8. The molecule has 7 heteroatoms. The number of rotatable bonds is 5. The number of likely N-dealkylation sites (tertiary alicyclic amines) is 1. The Morgan fingerprint density at radius 2 is 2.04 bits per heavy atom. The van der Waals surface area contributed by atoms with E-state index in [9.17, 15) is 9.59 Å². The molecule has 0 bridgehead atoms. The van der Waals surface area contributed by atoms with E-state index in [1.54, 1.807) is 40.5 Å². The zero-order chi connectivity index (χ0) is 18.7. The summed E-state index contributed by atoms with van der Waals surface area (Å²) in [4.78, 5) is 30.4. The van der Waals surface area contributed by atoms with Gasteiger partial charge < -0.3 is 15.4 Å². The van der Waals surface area contributed by atoms with Crippen molar-refractivity contribution in [2.45, 2.75) is 39.3 Å². The molecule has 0 spiro atoms. The number of primary amides is 1. The SMILES string of the molecule is Cc1nc(COc2ccc(C(=O)N3C[C@@H](C(N)=O)CC[C@@H]3C)cc2)cs1. The quantitative estimate of drug-likeness (QED) is 0.873. The topological polar surface area (TPSA) is 85.5 Å². The smallest absolute Gasteiger partial charge is 0.254 e. The standard InChI is InChI=1S/C19H23N3O3S/c1-12-3-4-15(18(20)23)9-22(12)19(24)14-5-7-17(8-6-14)25-10-16-11-26-13(2)21-16/h5-8,11-12,15H,3-4,9-10H2,1-2H3,(H2,20,23)/t12-,15-/m0/s1. The van der Waals surface area contributed by atoms with E-state index in [0.717, 1.165) is 23.5 Å². The largest absolute Gasteiger partial charge is 0.487 e. The highest BCUT2D eigenvalue weighted by molar-refractivity contribution is 7.09. The molecular weight excluding hydrogens is 350 g/mol. The Hall–Kier alpha value is -2.41. The number of aromatic nitrogens is 1. The van der Waals surface area contributed by atoms with Gasteiger partial charge in [-0.15, -0.1) is 11.3 Å². The van der Waals surface area contributed by atoms with E-state index in [2.05, 4.69) is 4.98 Å². The summed E-state index contributed by atoms with van der Waals surface area (Å²) in [6.45, 7) is 4.75. The fraction of sp³-hybridized carbons (Fsp3) is 0.421. The first-order valence-corrected chi connectivity index (χ1v) is 9.56. The van der Waals surface area contributed by atoms with Gasteiger partial charge in [-0.1, -0.05) is 0 Å².